The predicted molar refractivity (Wildman–Crippen MR) is 75.1 cm³/mol. The summed E-state index contributed by atoms with van der Waals surface area (Å²) in [7, 11) is -3.77. The minimum absolute atomic E-state index is 0.0275. The summed E-state index contributed by atoms with van der Waals surface area (Å²) in [5, 5.41) is 5.04. The highest BCUT2D eigenvalue weighted by Gasteiger charge is 2.32. The molecule has 0 fully saturated rings. The van der Waals surface area contributed by atoms with Gasteiger partial charge >= 0.3 is 0 Å². The number of carbonyl (C=O) groups excluding carboxylic acids is 1. The van der Waals surface area contributed by atoms with Crippen LogP contribution in [0.4, 0.5) is 17.3 Å². The molecule has 0 saturated carbocycles. The van der Waals surface area contributed by atoms with Crippen molar-refractivity contribution in [3.05, 3.63) is 36.2 Å². The Labute approximate surface area is 120 Å². The summed E-state index contributed by atoms with van der Waals surface area (Å²) in [5.41, 5.74) is 6.79. The van der Waals surface area contributed by atoms with Crippen LogP contribution in [-0.4, -0.2) is 24.3 Å². The number of anilines is 3. The molecule has 108 valence electrons. The van der Waals surface area contributed by atoms with E-state index in [9.17, 15) is 13.2 Å². The number of nitrogens with zero attached hydrogens (tertiary/aromatic N) is 3. The Morgan fingerprint density at radius 1 is 1.14 bits per heavy atom. The Kier molecular flexibility index (Phi) is 2.88. The van der Waals surface area contributed by atoms with Crippen LogP contribution in [0, 0.1) is 0 Å². The number of nitrogen functional groups attached to an aromatic ring is 1. The Hall–Kier alpha value is -2.52. The van der Waals surface area contributed by atoms with E-state index in [4.69, 9.17) is 10.9 Å². The van der Waals surface area contributed by atoms with E-state index >= 15 is 0 Å². The number of carbonyl (C=O) groups is 1. The van der Waals surface area contributed by atoms with E-state index in [0.717, 1.165) is 0 Å². The predicted octanol–water partition coefficient (Wildman–Crippen LogP) is -0.0730. The molecule has 1 amide bonds. The summed E-state index contributed by atoms with van der Waals surface area (Å²) in [6, 6.07) is 5.65. The summed E-state index contributed by atoms with van der Waals surface area (Å²) < 4.78 is 22.5. The topological polar surface area (TPSA) is 132 Å². The second-order valence-corrected chi connectivity index (χ2v) is 6.07. The smallest absolute Gasteiger partial charge is 0.238 e. The van der Waals surface area contributed by atoms with Crippen molar-refractivity contribution in [3.63, 3.8) is 0 Å². The fourth-order valence-electron chi connectivity index (χ4n) is 2.18. The molecular formula is C12H11N5O3S. The Balaban J connectivity index is 2.06. The molecule has 8 nitrogen and oxygen atoms in total. The van der Waals surface area contributed by atoms with Gasteiger partial charge < -0.3 is 5.73 Å². The van der Waals surface area contributed by atoms with Gasteiger partial charge in [0.2, 0.25) is 15.9 Å². The van der Waals surface area contributed by atoms with Crippen molar-refractivity contribution >= 4 is 33.3 Å². The maximum absolute atomic E-state index is 12.1. The molecule has 0 atom stereocenters. The lowest BCUT2D eigenvalue weighted by atomic mass is 10.2. The fraction of sp³-hybridized carbons (Fsp3) is 0.0833. The Morgan fingerprint density at radius 3 is 2.43 bits per heavy atom. The van der Waals surface area contributed by atoms with Gasteiger partial charge in [0.15, 0.2) is 0 Å². The van der Waals surface area contributed by atoms with Crippen molar-refractivity contribution in [2.75, 3.05) is 10.6 Å². The maximum atomic E-state index is 12.1. The maximum Gasteiger partial charge on any atom is 0.238 e. The third-order valence-corrected chi connectivity index (χ3v) is 4.10. The molecule has 3 rings (SSSR count). The first-order valence-electron chi connectivity index (χ1n) is 5.93. The summed E-state index contributed by atoms with van der Waals surface area (Å²) in [5.74, 6) is 0.466. The van der Waals surface area contributed by atoms with E-state index in [1.807, 2.05) is 0 Å². The zero-order valence-electron chi connectivity index (χ0n) is 10.7. The van der Waals surface area contributed by atoms with E-state index in [1.165, 1.54) is 35.5 Å². The highest BCUT2D eigenvalue weighted by atomic mass is 32.2. The number of sulfonamides is 1. The second kappa shape index (κ2) is 4.50. The van der Waals surface area contributed by atoms with Gasteiger partial charge in [-0.25, -0.2) is 23.5 Å². The molecule has 21 heavy (non-hydrogen) atoms. The van der Waals surface area contributed by atoms with E-state index in [1.54, 1.807) is 0 Å². The van der Waals surface area contributed by atoms with E-state index in [2.05, 4.69) is 9.97 Å². The van der Waals surface area contributed by atoms with Crippen LogP contribution in [0.15, 0.2) is 35.5 Å². The van der Waals surface area contributed by atoms with Gasteiger partial charge in [0.1, 0.15) is 18.0 Å². The normalized spacial score (nSPS) is 14.3. The van der Waals surface area contributed by atoms with Crippen LogP contribution in [0.5, 0.6) is 0 Å². The molecule has 0 saturated heterocycles. The molecule has 0 aliphatic carbocycles. The van der Waals surface area contributed by atoms with Crippen LogP contribution in [-0.2, 0) is 21.2 Å². The number of hydrogen-bond acceptors (Lipinski definition) is 6. The first-order chi connectivity index (χ1) is 9.88. The van der Waals surface area contributed by atoms with Gasteiger partial charge in [-0.05, 0) is 24.3 Å². The van der Waals surface area contributed by atoms with Crippen LogP contribution in [0.2, 0.25) is 0 Å². The number of aromatic nitrogens is 2. The molecule has 1 aromatic carbocycles. The van der Waals surface area contributed by atoms with Crippen molar-refractivity contribution in [2.45, 2.75) is 11.3 Å². The third-order valence-electron chi connectivity index (χ3n) is 3.17. The summed E-state index contributed by atoms with van der Waals surface area (Å²) >= 11 is 0. The van der Waals surface area contributed by atoms with Crippen LogP contribution in [0.3, 0.4) is 0 Å². The number of hydrogen-bond donors (Lipinski definition) is 2. The van der Waals surface area contributed by atoms with Gasteiger partial charge in [0, 0.05) is 5.56 Å². The minimum Gasteiger partial charge on any atom is -0.383 e. The van der Waals surface area contributed by atoms with Gasteiger partial charge in [-0.3, -0.25) is 9.69 Å². The third kappa shape index (κ3) is 2.22. The van der Waals surface area contributed by atoms with E-state index in [0.29, 0.717) is 17.1 Å². The van der Waals surface area contributed by atoms with Gasteiger partial charge in [0.05, 0.1) is 17.0 Å². The fourth-order valence-corrected chi connectivity index (χ4v) is 2.69. The number of benzene rings is 1. The average molecular weight is 305 g/mol. The van der Waals surface area contributed by atoms with Crippen LogP contribution in [0.1, 0.15) is 5.56 Å². The lowest BCUT2D eigenvalue weighted by molar-refractivity contribution is -0.116. The van der Waals surface area contributed by atoms with E-state index in [-0.39, 0.29) is 23.0 Å². The first kappa shape index (κ1) is 13.5. The first-order valence-corrected chi connectivity index (χ1v) is 7.48. The highest BCUT2D eigenvalue weighted by molar-refractivity contribution is 7.89. The van der Waals surface area contributed by atoms with Crippen molar-refractivity contribution < 1.29 is 13.2 Å². The minimum atomic E-state index is -3.77. The quantitative estimate of drug-likeness (QED) is 0.798. The van der Waals surface area contributed by atoms with Crippen LogP contribution in [0.25, 0.3) is 0 Å². The molecular weight excluding hydrogens is 294 g/mol. The number of primary sulfonamides is 1. The molecule has 2 aromatic rings. The standard InChI is InChI=1S/C12H11N5O3S/c13-11-9-5-10(18)17(12(9)16-6-15-11)7-1-3-8(4-2-7)21(14,19)20/h1-4,6H,5H2,(H2,13,15,16)(H2,14,19,20). The lowest BCUT2D eigenvalue weighted by Crippen LogP contribution is -2.21. The summed E-state index contributed by atoms with van der Waals surface area (Å²) in [6.45, 7) is 0. The molecule has 4 N–H and O–H groups in total. The van der Waals surface area contributed by atoms with Crippen molar-refractivity contribution in [1.29, 1.82) is 0 Å². The number of amides is 1. The average Bonchev–Trinajstić information content (AvgIpc) is 2.76. The lowest BCUT2D eigenvalue weighted by Gasteiger charge is -2.16. The number of nitrogens with two attached hydrogens (primary N) is 2. The molecule has 1 aliphatic heterocycles. The molecule has 2 heterocycles. The molecule has 1 aliphatic rings. The van der Waals surface area contributed by atoms with E-state index < -0.39 is 10.0 Å². The van der Waals surface area contributed by atoms with Crippen LogP contribution < -0.4 is 15.8 Å². The molecule has 0 bridgehead atoms. The highest BCUT2D eigenvalue weighted by Crippen LogP contribution is 2.35. The number of fused-ring (bicyclic) bond motifs is 1. The van der Waals surface area contributed by atoms with Gasteiger partial charge in [-0.15, -0.1) is 0 Å². The molecule has 0 radical (unpaired) electrons. The number of rotatable bonds is 2. The molecule has 9 heteroatoms. The van der Waals surface area contributed by atoms with Crippen LogP contribution >= 0.6 is 0 Å². The zero-order chi connectivity index (χ0) is 15.2. The zero-order valence-corrected chi connectivity index (χ0v) is 11.5. The Morgan fingerprint density at radius 2 is 1.81 bits per heavy atom. The molecule has 0 unspecified atom stereocenters. The van der Waals surface area contributed by atoms with Crippen molar-refractivity contribution in [2.24, 2.45) is 5.14 Å². The monoisotopic (exact) mass is 305 g/mol. The summed E-state index contributed by atoms with van der Waals surface area (Å²) in [4.78, 5) is 21.4. The SMILES string of the molecule is Nc1ncnc2c1CC(=O)N2c1ccc(S(N)(=O)=O)cc1. The molecule has 0 spiro atoms. The van der Waals surface area contributed by atoms with Crippen molar-refractivity contribution in [1.82, 2.24) is 9.97 Å². The Bertz CT molecular complexity index is 832. The van der Waals surface area contributed by atoms with Gasteiger partial charge in [0.25, 0.3) is 0 Å². The largest absolute Gasteiger partial charge is 0.383 e. The summed E-state index contributed by atoms with van der Waals surface area (Å²) in [6.07, 6.45) is 1.39. The van der Waals surface area contributed by atoms with Gasteiger partial charge in [-0.1, -0.05) is 0 Å². The van der Waals surface area contributed by atoms with Crippen molar-refractivity contribution in [3.8, 4) is 0 Å². The second-order valence-electron chi connectivity index (χ2n) is 4.51. The van der Waals surface area contributed by atoms with Gasteiger partial charge in [-0.2, -0.15) is 0 Å². The molecule has 1 aromatic heterocycles.